The standard InChI is InChI=1S/C20H19N/c1-14-20(15-7-3-2-4-8-15)19-12-17-10-6-5-9-16(17)11-18(19)13-21-14/h2-12,14,20-21H,13H2,1H3. The van der Waals surface area contributed by atoms with E-state index < -0.39 is 0 Å². The molecule has 21 heavy (non-hydrogen) atoms. The highest BCUT2D eigenvalue weighted by Crippen LogP contribution is 2.36. The molecule has 2 atom stereocenters. The number of hydrogen-bond acceptors (Lipinski definition) is 1. The van der Waals surface area contributed by atoms with E-state index in [1.54, 1.807) is 0 Å². The van der Waals surface area contributed by atoms with Gasteiger partial charge in [0, 0.05) is 18.5 Å². The van der Waals surface area contributed by atoms with Crippen LogP contribution in [0.2, 0.25) is 0 Å². The Balaban J connectivity index is 1.92. The smallest absolute Gasteiger partial charge is 0.0244 e. The monoisotopic (exact) mass is 273 g/mol. The van der Waals surface area contributed by atoms with Crippen LogP contribution in [0.25, 0.3) is 10.8 Å². The van der Waals surface area contributed by atoms with E-state index in [4.69, 9.17) is 0 Å². The first-order chi connectivity index (χ1) is 10.3. The molecule has 0 saturated carbocycles. The van der Waals surface area contributed by atoms with Crippen molar-refractivity contribution in [2.24, 2.45) is 0 Å². The fraction of sp³-hybridized carbons (Fsp3) is 0.200. The van der Waals surface area contributed by atoms with Gasteiger partial charge in [-0.25, -0.2) is 0 Å². The molecule has 0 spiro atoms. The van der Waals surface area contributed by atoms with Crippen molar-refractivity contribution in [3.63, 3.8) is 0 Å². The number of fused-ring (bicyclic) bond motifs is 2. The highest BCUT2D eigenvalue weighted by molar-refractivity contribution is 5.84. The maximum Gasteiger partial charge on any atom is 0.0244 e. The van der Waals surface area contributed by atoms with Gasteiger partial charge in [0.05, 0.1) is 0 Å². The molecule has 1 heteroatoms. The second-order valence-electron chi connectivity index (χ2n) is 5.96. The Hall–Kier alpha value is -2.12. The van der Waals surface area contributed by atoms with Gasteiger partial charge in [0.25, 0.3) is 0 Å². The van der Waals surface area contributed by atoms with Crippen molar-refractivity contribution < 1.29 is 0 Å². The molecule has 0 radical (unpaired) electrons. The van der Waals surface area contributed by atoms with Gasteiger partial charge in [0.15, 0.2) is 0 Å². The summed E-state index contributed by atoms with van der Waals surface area (Å²) in [7, 11) is 0. The molecule has 0 aromatic heterocycles. The van der Waals surface area contributed by atoms with Crippen molar-refractivity contribution in [3.8, 4) is 0 Å². The maximum absolute atomic E-state index is 3.65. The molecule has 3 aromatic rings. The summed E-state index contributed by atoms with van der Waals surface area (Å²) in [5, 5.41) is 6.32. The summed E-state index contributed by atoms with van der Waals surface area (Å²) in [4.78, 5) is 0. The van der Waals surface area contributed by atoms with Crippen molar-refractivity contribution in [2.45, 2.75) is 25.4 Å². The minimum atomic E-state index is 0.430. The first kappa shape index (κ1) is 12.6. The van der Waals surface area contributed by atoms with Gasteiger partial charge < -0.3 is 5.32 Å². The number of hydrogen-bond donors (Lipinski definition) is 1. The van der Waals surface area contributed by atoms with Gasteiger partial charge in [0.2, 0.25) is 0 Å². The van der Waals surface area contributed by atoms with Crippen molar-refractivity contribution in [1.82, 2.24) is 5.32 Å². The topological polar surface area (TPSA) is 12.0 Å². The van der Waals surface area contributed by atoms with Crippen LogP contribution in [0.4, 0.5) is 0 Å². The van der Waals surface area contributed by atoms with Gasteiger partial charge in [-0.15, -0.1) is 0 Å². The lowest BCUT2D eigenvalue weighted by molar-refractivity contribution is 0.467. The summed E-state index contributed by atoms with van der Waals surface area (Å²) in [5.41, 5.74) is 4.31. The van der Waals surface area contributed by atoms with Gasteiger partial charge in [-0.1, -0.05) is 60.7 Å². The normalized spacial score (nSPS) is 21.2. The molecule has 0 aliphatic carbocycles. The molecule has 2 unspecified atom stereocenters. The molecule has 1 nitrogen and oxygen atoms in total. The van der Waals surface area contributed by atoms with Crippen LogP contribution >= 0.6 is 0 Å². The zero-order valence-corrected chi connectivity index (χ0v) is 12.2. The average Bonchev–Trinajstić information content (AvgIpc) is 2.54. The summed E-state index contributed by atoms with van der Waals surface area (Å²) < 4.78 is 0. The summed E-state index contributed by atoms with van der Waals surface area (Å²) in [5.74, 6) is 0.430. The summed E-state index contributed by atoms with van der Waals surface area (Å²) in [6.45, 7) is 3.25. The molecule has 0 bridgehead atoms. The fourth-order valence-corrected chi connectivity index (χ4v) is 3.53. The maximum atomic E-state index is 3.65. The predicted molar refractivity (Wildman–Crippen MR) is 88.5 cm³/mol. The van der Waals surface area contributed by atoms with Crippen LogP contribution in [-0.4, -0.2) is 6.04 Å². The minimum absolute atomic E-state index is 0.430. The number of nitrogens with one attached hydrogen (secondary N) is 1. The minimum Gasteiger partial charge on any atom is -0.309 e. The van der Waals surface area contributed by atoms with Crippen LogP contribution in [0.15, 0.2) is 66.7 Å². The second kappa shape index (κ2) is 5.01. The third kappa shape index (κ3) is 2.14. The van der Waals surface area contributed by atoms with Crippen LogP contribution in [0, 0.1) is 0 Å². The van der Waals surface area contributed by atoms with Gasteiger partial charge in [-0.2, -0.15) is 0 Å². The van der Waals surface area contributed by atoms with E-state index in [2.05, 4.69) is 79.0 Å². The molecular weight excluding hydrogens is 254 g/mol. The van der Waals surface area contributed by atoms with Crippen LogP contribution < -0.4 is 5.32 Å². The quantitative estimate of drug-likeness (QED) is 0.690. The van der Waals surface area contributed by atoms with Gasteiger partial charge >= 0.3 is 0 Å². The zero-order chi connectivity index (χ0) is 14.2. The molecule has 0 fully saturated rings. The van der Waals surface area contributed by atoms with Crippen LogP contribution in [0.5, 0.6) is 0 Å². The Morgan fingerprint density at radius 3 is 2.29 bits per heavy atom. The van der Waals surface area contributed by atoms with Gasteiger partial charge in [0.1, 0.15) is 0 Å². The van der Waals surface area contributed by atoms with E-state index in [1.807, 2.05) is 0 Å². The molecule has 1 heterocycles. The van der Waals surface area contributed by atoms with Crippen molar-refractivity contribution in [2.75, 3.05) is 0 Å². The van der Waals surface area contributed by atoms with Gasteiger partial charge in [-0.05, 0) is 40.5 Å². The highest BCUT2D eigenvalue weighted by Gasteiger charge is 2.27. The molecule has 1 N–H and O–H groups in total. The zero-order valence-electron chi connectivity index (χ0n) is 12.2. The average molecular weight is 273 g/mol. The van der Waals surface area contributed by atoms with E-state index in [0.29, 0.717) is 12.0 Å². The Bertz CT molecular complexity index is 776. The third-order valence-corrected chi connectivity index (χ3v) is 4.62. The predicted octanol–water partition coefficient (Wildman–Crippen LogP) is 4.46. The summed E-state index contributed by atoms with van der Waals surface area (Å²) in [6.07, 6.45) is 0. The van der Waals surface area contributed by atoms with Crippen molar-refractivity contribution in [3.05, 3.63) is 83.4 Å². The summed E-state index contributed by atoms with van der Waals surface area (Å²) in [6, 6.07) is 24.7. The molecule has 1 aliphatic heterocycles. The van der Waals surface area contributed by atoms with E-state index in [-0.39, 0.29) is 0 Å². The third-order valence-electron chi connectivity index (χ3n) is 4.62. The Kier molecular flexibility index (Phi) is 3.01. The molecule has 0 amide bonds. The van der Waals surface area contributed by atoms with E-state index in [1.165, 1.54) is 27.5 Å². The summed E-state index contributed by atoms with van der Waals surface area (Å²) >= 11 is 0. The highest BCUT2D eigenvalue weighted by atomic mass is 14.9. The van der Waals surface area contributed by atoms with E-state index >= 15 is 0 Å². The molecule has 3 aromatic carbocycles. The lowest BCUT2D eigenvalue weighted by atomic mass is 9.80. The van der Waals surface area contributed by atoms with E-state index in [0.717, 1.165) is 6.54 Å². The molecule has 1 aliphatic rings. The van der Waals surface area contributed by atoms with Crippen molar-refractivity contribution >= 4 is 10.8 Å². The largest absolute Gasteiger partial charge is 0.309 e. The Morgan fingerprint density at radius 2 is 1.52 bits per heavy atom. The Morgan fingerprint density at radius 1 is 0.857 bits per heavy atom. The van der Waals surface area contributed by atoms with Gasteiger partial charge in [-0.3, -0.25) is 0 Å². The molecule has 104 valence electrons. The van der Waals surface area contributed by atoms with Crippen LogP contribution in [0.1, 0.15) is 29.5 Å². The first-order valence-corrected chi connectivity index (χ1v) is 7.63. The molecular formula is C20H19N. The number of rotatable bonds is 1. The second-order valence-corrected chi connectivity index (χ2v) is 5.96. The SMILES string of the molecule is CC1NCc2cc3ccccc3cc2C1c1ccccc1. The molecule has 4 rings (SSSR count). The number of benzene rings is 3. The Labute approximate surface area is 125 Å². The lowest BCUT2D eigenvalue weighted by Gasteiger charge is -2.33. The van der Waals surface area contributed by atoms with Crippen LogP contribution in [0.3, 0.4) is 0 Å². The fourth-order valence-electron chi connectivity index (χ4n) is 3.53. The van der Waals surface area contributed by atoms with E-state index in [9.17, 15) is 0 Å². The lowest BCUT2D eigenvalue weighted by Crippen LogP contribution is -2.37. The van der Waals surface area contributed by atoms with Crippen LogP contribution in [-0.2, 0) is 6.54 Å². The molecule has 0 saturated heterocycles. The van der Waals surface area contributed by atoms with Crippen molar-refractivity contribution in [1.29, 1.82) is 0 Å². The first-order valence-electron chi connectivity index (χ1n) is 7.63.